The second-order valence-corrected chi connectivity index (χ2v) is 14.0. The van der Waals surface area contributed by atoms with Crippen molar-refractivity contribution in [1.29, 1.82) is 0 Å². The molecular weight excluding hydrogens is 755 g/mol. The van der Waals surface area contributed by atoms with Crippen molar-refractivity contribution < 1.29 is 28.9 Å². The molecule has 0 spiro atoms. The van der Waals surface area contributed by atoms with Crippen LogP contribution in [0.5, 0.6) is 0 Å². The molecule has 2 heterocycles. The maximum absolute atomic E-state index is 11.7. The van der Waals surface area contributed by atoms with E-state index in [1.54, 1.807) is 12.1 Å². The van der Waals surface area contributed by atoms with Crippen molar-refractivity contribution in [1.82, 2.24) is 19.9 Å². The number of nitrogens with zero attached hydrogens (tertiary/aromatic N) is 6. The SMILES string of the molecule is CC(C)(C)OC(=O)CCc1ccc(N)cc1.CC(C)(C)OC(=O)CCc1ccc(Nc2nc(Cl)ncc2[N+](=O)[O-])cc1.O=[N+]([O-])c1cnc(Cl)nc1Cl. The summed E-state index contributed by atoms with van der Waals surface area (Å²) in [5, 5.41) is 23.5. The minimum atomic E-state index is -0.682. The average Bonchev–Trinajstić information content (AvgIpc) is 3.03. The minimum absolute atomic E-state index is 0.0107. The molecule has 0 amide bonds. The summed E-state index contributed by atoms with van der Waals surface area (Å²) in [5.74, 6) is -0.410. The molecule has 0 bridgehead atoms. The summed E-state index contributed by atoms with van der Waals surface area (Å²) in [6.45, 7) is 11.1. The number of nitrogen functional groups attached to an aromatic ring is 1. The summed E-state index contributed by atoms with van der Waals surface area (Å²) in [4.78, 5) is 57.3. The van der Waals surface area contributed by atoms with Gasteiger partial charge in [-0.15, -0.1) is 0 Å². The van der Waals surface area contributed by atoms with Gasteiger partial charge in [0.05, 0.1) is 9.85 Å². The van der Waals surface area contributed by atoms with Crippen molar-refractivity contribution in [2.45, 2.75) is 78.4 Å². The van der Waals surface area contributed by atoms with Gasteiger partial charge < -0.3 is 20.5 Å². The Balaban J connectivity index is 0.000000305. The summed E-state index contributed by atoms with van der Waals surface area (Å²) < 4.78 is 10.5. The normalized spacial score (nSPS) is 10.8. The lowest BCUT2D eigenvalue weighted by Crippen LogP contribution is -2.24. The van der Waals surface area contributed by atoms with Gasteiger partial charge in [-0.25, -0.2) is 9.97 Å². The number of nitrogens with one attached hydrogen (secondary N) is 1. The van der Waals surface area contributed by atoms with Crippen LogP contribution in [-0.2, 0) is 31.9 Å². The largest absolute Gasteiger partial charge is 0.460 e. The van der Waals surface area contributed by atoms with E-state index in [9.17, 15) is 29.8 Å². The molecule has 0 aliphatic rings. The quantitative estimate of drug-likeness (QED) is 0.0384. The van der Waals surface area contributed by atoms with Crippen molar-refractivity contribution in [2.24, 2.45) is 0 Å². The Morgan fingerprint density at radius 3 is 1.55 bits per heavy atom. The second kappa shape index (κ2) is 20.2. The van der Waals surface area contributed by atoms with E-state index in [1.807, 2.05) is 77.9 Å². The van der Waals surface area contributed by atoms with Gasteiger partial charge in [-0.3, -0.25) is 29.8 Å². The summed E-state index contributed by atoms with van der Waals surface area (Å²) in [5.41, 5.74) is 7.42. The van der Waals surface area contributed by atoms with E-state index in [2.05, 4.69) is 25.3 Å². The van der Waals surface area contributed by atoms with E-state index in [4.69, 9.17) is 50.0 Å². The Morgan fingerprint density at radius 1 is 0.717 bits per heavy atom. The molecule has 0 fully saturated rings. The number of carbonyl (C=O) groups is 2. The summed E-state index contributed by atoms with van der Waals surface area (Å²) in [6, 6.07) is 14.7. The Morgan fingerprint density at radius 2 is 1.13 bits per heavy atom. The number of benzene rings is 2. The third-order valence-electron chi connectivity index (χ3n) is 6.10. The molecule has 0 aliphatic heterocycles. The van der Waals surface area contributed by atoms with Crippen LogP contribution in [-0.4, -0.2) is 52.9 Å². The molecule has 0 radical (unpaired) electrons. The van der Waals surface area contributed by atoms with Crippen LogP contribution in [0.2, 0.25) is 15.7 Å². The maximum atomic E-state index is 11.7. The van der Waals surface area contributed by atoms with E-state index >= 15 is 0 Å². The van der Waals surface area contributed by atoms with Crippen LogP contribution < -0.4 is 11.1 Å². The first kappa shape index (κ1) is 44.0. The van der Waals surface area contributed by atoms with Gasteiger partial charge in [-0.1, -0.05) is 35.9 Å². The first-order chi connectivity index (χ1) is 24.6. The van der Waals surface area contributed by atoms with Gasteiger partial charge in [-0.05, 0) is 113 Å². The fourth-order valence-corrected chi connectivity index (χ4v) is 4.40. The topological polar surface area (TPSA) is 228 Å². The van der Waals surface area contributed by atoms with Crippen molar-refractivity contribution in [2.75, 3.05) is 11.1 Å². The predicted molar refractivity (Wildman–Crippen MR) is 201 cm³/mol. The molecule has 0 saturated carbocycles. The predicted octanol–water partition coefficient (Wildman–Crippen LogP) is 8.29. The number of esters is 2. The Labute approximate surface area is 320 Å². The molecule has 0 unspecified atom stereocenters. The first-order valence-corrected chi connectivity index (χ1v) is 16.9. The number of rotatable bonds is 10. The zero-order valence-electron chi connectivity index (χ0n) is 29.8. The number of ether oxygens (including phenoxy) is 2. The average molecular weight is 794 g/mol. The number of hydrogen-bond donors (Lipinski definition) is 2. The van der Waals surface area contributed by atoms with Crippen LogP contribution in [0.3, 0.4) is 0 Å². The van der Waals surface area contributed by atoms with E-state index in [0.29, 0.717) is 24.9 Å². The first-order valence-electron chi connectivity index (χ1n) is 15.8. The molecule has 0 atom stereocenters. The van der Waals surface area contributed by atoms with Crippen LogP contribution in [0.1, 0.15) is 65.5 Å². The van der Waals surface area contributed by atoms with Crippen LogP contribution in [0, 0.1) is 20.2 Å². The zero-order chi connectivity index (χ0) is 39.9. The third kappa shape index (κ3) is 17.7. The lowest BCUT2D eigenvalue weighted by Gasteiger charge is -2.19. The van der Waals surface area contributed by atoms with Gasteiger partial charge in [0.2, 0.25) is 21.5 Å². The Bertz CT molecular complexity index is 1870. The molecule has 0 aliphatic carbocycles. The number of hydrogen-bond acceptors (Lipinski definition) is 14. The van der Waals surface area contributed by atoms with Crippen molar-refractivity contribution in [3.63, 3.8) is 0 Å². The lowest BCUT2D eigenvalue weighted by molar-refractivity contribution is -0.385. The molecule has 19 heteroatoms. The number of nitro groups is 2. The number of aromatic nitrogens is 4. The molecular formula is C34H39Cl3N8O8. The number of nitrogens with two attached hydrogens (primary N) is 1. The molecule has 4 rings (SSSR count). The van der Waals surface area contributed by atoms with Crippen LogP contribution in [0.25, 0.3) is 0 Å². The highest BCUT2D eigenvalue weighted by molar-refractivity contribution is 6.33. The molecule has 0 saturated heterocycles. The number of carbonyl (C=O) groups excluding carboxylic acids is 2. The highest BCUT2D eigenvalue weighted by Crippen LogP contribution is 2.26. The van der Waals surface area contributed by atoms with E-state index < -0.39 is 21.0 Å². The molecule has 2 aromatic carbocycles. The monoisotopic (exact) mass is 792 g/mol. The third-order valence-corrected chi connectivity index (χ3v) is 6.74. The second-order valence-electron chi connectivity index (χ2n) is 12.9. The minimum Gasteiger partial charge on any atom is -0.460 e. The molecule has 284 valence electrons. The highest BCUT2D eigenvalue weighted by Gasteiger charge is 2.19. The van der Waals surface area contributed by atoms with Gasteiger partial charge in [0.15, 0.2) is 0 Å². The van der Waals surface area contributed by atoms with E-state index in [0.717, 1.165) is 29.2 Å². The number of aryl methyl sites for hydroxylation is 2. The number of halogens is 3. The lowest BCUT2D eigenvalue weighted by atomic mass is 10.1. The number of anilines is 3. The molecule has 2 aromatic heterocycles. The molecule has 16 nitrogen and oxygen atoms in total. The van der Waals surface area contributed by atoms with Crippen molar-refractivity contribution in [3.05, 3.63) is 108 Å². The van der Waals surface area contributed by atoms with Crippen LogP contribution >= 0.6 is 34.8 Å². The fourth-order valence-electron chi connectivity index (χ4n) is 3.89. The summed E-state index contributed by atoms with van der Waals surface area (Å²) in [7, 11) is 0. The summed E-state index contributed by atoms with van der Waals surface area (Å²) >= 11 is 16.3. The van der Waals surface area contributed by atoms with Crippen LogP contribution in [0.15, 0.2) is 60.9 Å². The van der Waals surface area contributed by atoms with Gasteiger partial charge in [0.25, 0.3) is 0 Å². The standard InChI is InChI=1S/C17H19ClN4O4.C13H19NO2.C4HCl2N3O2/c1-17(2,3)26-14(23)9-6-11-4-7-12(8-5-11)20-15-13(22(24)25)10-19-16(18)21-15;1-13(2,3)16-12(15)9-6-10-4-7-11(14)8-5-10;5-3-2(9(10)11)1-7-4(6)8-3/h4-5,7-8,10H,6,9H2,1-3H3,(H,19,20,21);4-5,7-8H,6,9,14H2,1-3H3;1H. The summed E-state index contributed by atoms with van der Waals surface area (Å²) in [6.07, 6.45) is 3.91. The zero-order valence-corrected chi connectivity index (χ0v) is 32.0. The van der Waals surface area contributed by atoms with E-state index in [-0.39, 0.29) is 51.3 Å². The van der Waals surface area contributed by atoms with E-state index in [1.165, 1.54) is 0 Å². The van der Waals surface area contributed by atoms with Crippen molar-refractivity contribution in [3.8, 4) is 0 Å². The molecule has 3 N–H and O–H groups in total. The van der Waals surface area contributed by atoms with Crippen molar-refractivity contribution >= 4 is 75.3 Å². The Kier molecular flexibility index (Phi) is 16.7. The molecule has 4 aromatic rings. The van der Waals surface area contributed by atoms with Gasteiger partial charge >= 0.3 is 23.3 Å². The van der Waals surface area contributed by atoms with Gasteiger partial charge in [0, 0.05) is 24.2 Å². The Hall–Kier alpha value is -5.19. The fraction of sp³-hybridized carbons (Fsp3) is 0.353. The maximum Gasteiger partial charge on any atom is 0.329 e. The highest BCUT2D eigenvalue weighted by atomic mass is 35.5. The smallest absolute Gasteiger partial charge is 0.329 e. The van der Waals surface area contributed by atoms with Crippen LogP contribution in [0.4, 0.5) is 28.6 Å². The van der Waals surface area contributed by atoms with Gasteiger partial charge in [0.1, 0.15) is 23.6 Å². The molecule has 53 heavy (non-hydrogen) atoms. The van der Waals surface area contributed by atoms with Gasteiger partial charge in [-0.2, -0.15) is 9.97 Å².